The van der Waals surface area contributed by atoms with Gasteiger partial charge in [0.05, 0.1) is 13.2 Å². The summed E-state index contributed by atoms with van der Waals surface area (Å²) in [6.07, 6.45) is 0. The van der Waals surface area contributed by atoms with E-state index in [2.05, 4.69) is 17.1 Å². The summed E-state index contributed by atoms with van der Waals surface area (Å²) in [6.45, 7) is 7.32. The lowest BCUT2D eigenvalue weighted by atomic mass is 10.3. The average Bonchev–Trinajstić information content (AvgIpc) is 2.06. The Morgan fingerprint density at radius 3 is 2.64 bits per heavy atom. The third kappa shape index (κ3) is 3.18. The Hall–Kier alpha value is -0.120. The van der Waals surface area contributed by atoms with Gasteiger partial charge in [0.15, 0.2) is 0 Å². The van der Waals surface area contributed by atoms with E-state index >= 15 is 0 Å². The molecule has 1 aliphatic heterocycles. The van der Waals surface area contributed by atoms with Crippen molar-refractivity contribution in [2.24, 2.45) is 0 Å². The molecule has 1 aliphatic rings. The average molecular weight is 158 g/mol. The number of likely N-dealkylation sites (N-methyl/N-ethyl adjacent to an activating group) is 1. The number of hydrogen-bond acceptors (Lipinski definition) is 3. The molecule has 1 atom stereocenters. The zero-order valence-electron chi connectivity index (χ0n) is 7.47. The van der Waals surface area contributed by atoms with Crippen LogP contribution in [0.3, 0.4) is 0 Å². The van der Waals surface area contributed by atoms with Gasteiger partial charge in [0.1, 0.15) is 0 Å². The van der Waals surface area contributed by atoms with Crippen molar-refractivity contribution < 1.29 is 4.74 Å². The molecule has 3 nitrogen and oxygen atoms in total. The van der Waals surface area contributed by atoms with Crippen LogP contribution in [0.2, 0.25) is 0 Å². The Morgan fingerprint density at radius 1 is 1.45 bits per heavy atom. The Balaban J connectivity index is 2.13. The maximum atomic E-state index is 5.25. The molecule has 0 aromatic heterocycles. The van der Waals surface area contributed by atoms with Gasteiger partial charge in [-0.05, 0) is 14.0 Å². The summed E-state index contributed by atoms with van der Waals surface area (Å²) in [4.78, 5) is 2.44. The zero-order valence-corrected chi connectivity index (χ0v) is 7.47. The summed E-state index contributed by atoms with van der Waals surface area (Å²) >= 11 is 0. The SMILES string of the molecule is CN[C@@H](C)CN1CCOCC1. The Bertz CT molecular complexity index is 102. The van der Waals surface area contributed by atoms with E-state index in [-0.39, 0.29) is 0 Å². The van der Waals surface area contributed by atoms with Gasteiger partial charge in [-0.2, -0.15) is 0 Å². The van der Waals surface area contributed by atoms with Crippen LogP contribution in [-0.4, -0.2) is 50.8 Å². The third-order valence-electron chi connectivity index (χ3n) is 2.13. The predicted molar refractivity (Wildman–Crippen MR) is 45.8 cm³/mol. The number of hydrogen-bond donors (Lipinski definition) is 1. The van der Waals surface area contributed by atoms with Crippen molar-refractivity contribution in [3.05, 3.63) is 0 Å². The molecule has 1 rings (SSSR count). The molecule has 1 fully saturated rings. The van der Waals surface area contributed by atoms with Crippen molar-refractivity contribution in [1.82, 2.24) is 10.2 Å². The number of rotatable bonds is 3. The molecule has 0 saturated carbocycles. The second kappa shape index (κ2) is 4.70. The molecule has 0 spiro atoms. The molecule has 0 aromatic rings. The standard InChI is InChI=1S/C8H18N2O/c1-8(9-2)7-10-3-5-11-6-4-10/h8-9H,3-7H2,1-2H3/t8-/m0/s1. The summed E-state index contributed by atoms with van der Waals surface area (Å²) in [6, 6.07) is 0.591. The van der Waals surface area contributed by atoms with Crippen LogP contribution >= 0.6 is 0 Å². The van der Waals surface area contributed by atoms with E-state index in [0.29, 0.717) is 6.04 Å². The van der Waals surface area contributed by atoms with Crippen molar-refractivity contribution in [2.75, 3.05) is 39.9 Å². The van der Waals surface area contributed by atoms with Crippen molar-refractivity contribution in [3.63, 3.8) is 0 Å². The molecule has 11 heavy (non-hydrogen) atoms. The quantitative estimate of drug-likeness (QED) is 0.622. The summed E-state index contributed by atoms with van der Waals surface area (Å²) in [7, 11) is 2.01. The second-order valence-electron chi connectivity index (χ2n) is 3.10. The minimum atomic E-state index is 0.591. The minimum Gasteiger partial charge on any atom is -0.379 e. The van der Waals surface area contributed by atoms with Crippen LogP contribution in [0.4, 0.5) is 0 Å². The van der Waals surface area contributed by atoms with Crippen LogP contribution in [0.25, 0.3) is 0 Å². The van der Waals surface area contributed by atoms with Gasteiger partial charge in [-0.25, -0.2) is 0 Å². The molecule has 0 unspecified atom stereocenters. The molecule has 1 saturated heterocycles. The second-order valence-corrected chi connectivity index (χ2v) is 3.10. The number of nitrogens with one attached hydrogen (secondary N) is 1. The van der Waals surface area contributed by atoms with Crippen LogP contribution in [-0.2, 0) is 4.74 Å². The van der Waals surface area contributed by atoms with Crippen molar-refractivity contribution >= 4 is 0 Å². The predicted octanol–water partition coefficient (Wildman–Crippen LogP) is -0.0735. The van der Waals surface area contributed by atoms with E-state index in [9.17, 15) is 0 Å². The number of morpholine rings is 1. The van der Waals surface area contributed by atoms with E-state index in [1.807, 2.05) is 7.05 Å². The summed E-state index contributed by atoms with van der Waals surface area (Å²) in [5.74, 6) is 0. The molecule has 0 aliphatic carbocycles. The number of ether oxygens (including phenoxy) is 1. The summed E-state index contributed by atoms with van der Waals surface area (Å²) in [5.41, 5.74) is 0. The van der Waals surface area contributed by atoms with Crippen LogP contribution in [0, 0.1) is 0 Å². The molecule has 0 bridgehead atoms. The molecule has 1 heterocycles. The van der Waals surface area contributed by atoms with Crippen LogP contribution in [0.15, 0.2) is 0 Å². The zero-order chi connectivity index (χ0) is 8.10. The molecule has 0 amide bonds. The lowest BCUT2D eigenvalue weighted by molar-refractivity contribution is 0.0347. The van der Waals surface area contributed by atoms with Gasteiger partial charge in [-0.3, -0.25) is 4.90 Å². The van der Waals surface area contributed by atoms with Crippen LogP contribution in [0.5, 0.6) is 0 Å². The highest BCUT2D eigenvalue weighted by Crippen LogP contribution is 1.97. The Labute approximate surface area is 68.7 Å². The largest absolute Gasteiger partial charge is 0.379 e. The monoisotopic (exact) mass is 158 g/mol. The summed E-state index contributed by atoms with van der Waals surface area (Å²) in [5, 5.41) is 3.23. The van der Waals surface area contributed by atoms with E-state index in [1.165, 1.54) is 0 Å². The maximum Gasteiger partial charge on any atom is 0.0594 e. The maximum absolute atomic E-state index is 5.25. The summed E-state index contributed by atoms with van der Waals surface area (Å²) < 4.78 is 5.25. The van der Waals surface area contributed by atoms with E-state index in [4.69, 9.17) is 4.74 Å². The first-order valence-electron chi connectivity index (χ1n) is 4.30. The molecule has 1 N–H and O–H groups in total. The highest BCUT2D eigenvalue weighted by Gasteiger charge is 2.11. The molecule has 0 radical (unpaired) electrons. The lowest BCUT2D eigenvalue weighted by Crippen LogP contribution is -2.43. The van der Waals surface area contributed by atoms with Gasteiger partial charge in [0.2, 0.25) is 0 Å². The van der Waals surface area contributed by atoms with Gasteiger partial charge < -0.3 is 10.1 Å². The smallest absolute Gasteiger partial charge is 0.0594 e. The van der Waals surface area contributed by atoms with Crippen molar-refractivity contribution in [3.8, 4) is 0 Å². The first-order valence-corrected chi connectivity index (χ1v) is 4.30. The fourth-order valence-electron chi connectivity index (χ4n) is 1.26. The van der Waals surface area contributed by atoms with Gasteiger partial charge >= 0.3 is 0 Å². The van der Waals surface area contributed by atoms with Gasteiger partial charge in [0.25, 0.3) is 0 Å². The van der Waals surface area contributed by atoms with E-state index < -0.39 is 0 Å². The molecule has 3 heteroatoms. The first kappa shape index (κ1) is 8.97. The van der Waals surface area contributed by atoms with Gasteiger partial charge in [0, 0.05) is 25.7 Å². The minimum absolute atomic E-state index is 0.591. The third-order valence-corrected chi connectivity index (χ3v) is 2.13. The van der Waals surface area contributed by atoms with Crippen molar-refractivity contribution in [1.29, 1.82) is 0 Å². The number of nitrogens with zero attached hydrogens (tertiary/aromatic N) is 1. The first-order chi connectivity index (χ1) is 5.33. The van der Waals surface area contributed by atoms with E-state index in [0.717, 1.165) is 32.8 Å². The molecule has 66 valence electrons. The molecular weight excluding hydrogens is 140 g/mol. The van der Waals surface area contributed by atoms with Crippen molar-refractivity contribution in [2.45, 2.75) is 13.0 Å². The van der Waals surface area contributed by atoms with E-state index in [1.54, 1.807) is 0 Å². The Morgan fingerprint density at radius 2 is 2.09 bits per heavy atom. The normalized spacial score (nSPS) is 23.5. The molecule has 0 aromatic carbocycles. The van der Waals surface area contributed by atoms with Gasteiger partial charge in [-0.15, -0.1) is 0 Å². The lowest BCUT2D eigenvalue weighted by Gasteiger charge is -2.28. The fraction of sp³-hybridized carbons (Fsp3) is 1.00. The van der Waals surface area contributed by atoms with Crippen LogP contribution in [0.1, 0.15) is 6.92 Å². The fourth-order valence-corrected chi connectivity index (χ4v) is 1.26. The Kier molecular flexibility index (Phi) is 3.83. The molecular formula is C8H18N2O. The van der Waals surface area contributed by atoms with Crippen LogP contribution < -0.4 is 5.32 Å². The van der Waals surface area contributed by atoms with Gasteiger partial charge in [-0.1, -0.05) is 0 Å². The topological polar surface area (TPSA) is 24.5 Å². The highest BCUT2D eigenvalue weighted by atomic mass is 16.5. The highest BCUT2D eigenvalue weighted by molar-refractivity contribution is 4.67.